The molecule has 3 aromatic rings. The molecule has 0 aliphatic carbocycles. The Balaban J connectivity index is 1.65. The zero-order valence-electron chi connectivity index (χ0n) is 19.7. The van der Waals surface area contributed by atoms with Crippen molar-refractivity contribution in [2.24, 2.45) is 0 Å². The highest BCUT2D eigenvalue weighted by Crippen LogP contribution is 2.38. The lowest BCUT2D eigenvalue weighted by molar-refractivity contribution is 0.0953. The van der Waals surface area contributed by atoms with Crippen LogP contribution in [0, 0.1) is 0 Å². The van der Waals surface area contributed by atoms with E-state index in [2.05, 4.69) is 16.0 Å². The second kappa shape index (κ2) is 12.4. The van der Waals surface area contributed by atoms with Gasteiger partial charge in [0.15, 0.2) is 16.6 Å². The number of methoxy groups -OCH3 is 3. The minimum atomic E-state index is -0.480. The topological polar surface area (TPSA) is 97.9 Å². The van der Waals surface area contributed by atoms with Gasteiger partial charge >= 0.3 is 0 Å². The number of hydrogen-bond acceptors (Lipinski definition) is 6. The summed E-state index contributed by atoms with van der Waals surface area (Å²) in [5, 5.41) is 8.49. The minimum Gasteiger partial charge on any atom is -0.493 e. The van der Waals surface area contributed by atoms with Crippen molar-refractivity contribution in [1.82, 2.24) is 10.6 Å². The first kappa shape index (κ1) is 25.5. The minimum absolute atomic E-state index is 0.0355. The van der Waals surface area contributed by atoms with Crippen molar-refractivity contribution in [2.45, 2.75) is 6.42 Å². The SMILES string of the molecule is COc1cc(C(=O)NC(=S)Nc2ccccc2C(=O)NCCc2ccccc2)cc(OC)c1OC. The number of rotatable bonds is 9. The fourth-order valence-electron chi connectivity index (χ4n) is 3.39. The molecule has 0 heterocycles. The molecule has 8 nitrogen and oxygen atoms in total. The number of carbonyl (C=O) groups is 2. The molecule has 0 aromatic heterocycles. The maximum atomic E-state index is 12.8. The molecule has 3 N–H and O–H groups in total. The molecular formula is C26H27N3O5S. The highest BCUT2D eigenvalue weighted by Gasteiger charge is 2.18. The van der Waals surface area contributed by atoms with Gasteiger partial charge in [-0.2, -0.15) is 0 Å². The number of ether oxygens (including phenoxy) is 3. The number of anilines is 1. The van der Waals surface area contributed by atoms with Crippen molar-refractivity contribution in [3.63, 3.8) is 0 Å². The van der Waals surface area contributed by atoms with Gasteiger partial charge in [0.1, 0.15) is 0 Å². The first-order valence-corrected chi connectivity index (χ1v) is 11.2. The van der Waals surface area contributed by atoms with E-state index in [1.165, 1.54) is 33.5 Å². The molecule has 3 aromatic carbocycles. The van der Waals surface area contributed by atoms with Gasteiger partial charge in [-0.1, -0.05) is 42.5 Å². The van der Waals surface area contributed by atoms with Crippen molar-refractivity contribution in [2.75, 3.05) is 33.2 Å². The predicted molar refractivity (Wildman–Crippen MR) is 139 cm³/mol. The smallest absolute Gasteiger partial charge is 0.257 e. The summed E-state index contributed by atoms with van der Waals surface area (Å²) in [6.07, 6.45) is 0.714. The Morgan fingerprint density at radius 1 is 0.829 bits per heavy atom. The summed E-state index contributed by atoms with van der Waals surface area (Å²) in [6, 6.07) is 19.9. The Morgan fingerprint density at radius 3 is 2.09 bits per heavy atom. The lowest BCUT2D eigenvalue weighted by atomic mass is 10.1. The van der Waals surface area contributed by atoms with Crippen LogP contribution in [0.2, 0.25) is 0 Å². The monoisotopic (exact) mass is 493 g/mol. The molecule has 9 heteroatoms. The summed E-state index contributed by atoms with van der Waals surface area (Å²) in [5.41, 5.74) is 2.27. The van der Waals surface area contributed by atoms with E-state index in [9.17, 15) is 9.59 Å². The van der Waals surface area contributed by atoms with Crippen LogP contribution in [0.1, 0.15) is 26.3 Å². The Kier molecular flexibility index (Phi) is 9.02. The first-order chi connectivity index (χ1) is 17.0. The molecule has 0 saturated heterocycles. The van der Waals surface area contributed by atoms with Gasteiger partial charge in [-0.3, -0.25) is 14.9 Å². The fourth-order valence-corrected chi connectivity index (χ4v) is 3.59. The molecule has 0 fully saturated rings. The van der Waals surface area contributed by atoms with E-state index in [1.54, 1.807) is 24.3 Å². The molecule has 0 unspecified atom stereocenters. The average Bonchev–Trinajstić information content (AvgIpc) is 2.88. The number of nitrogens with one attached hydrogen (secondary N) is 3. The van der Waals surface area contributed by atoms with Crippen LogP contribution in [-0.4, -0.2) is 44.8 Å². The van der Waals surface area contributed by atoms with Crippen LogP contribution in [0.3, 0.4) is 0 Å². The number of thiocarbonyl (C=S) groups is 1. The van der Waals surface area contributed by atoms with Gasteiger partial charge < -0.3 is 24.8 Å². The summed E-state index contributed by atoms with van der Waals surface area (Å²) in [6.45, 7) is 0.486. The fraction of sp³-hybridized carbons (Fsp3) is 0.192. The number of hydrogen-bond donors (Lipinski definition) is 3. The number of carbonyl (C=O) groups excluding carboxylic acids is 2. The van der Waals surface area contributed by atoms with Gasteiger partial charge in [-0.25, -0.2) is 0 Å². The van der Waals surface area contributed by atoms with Crippen molar-refractivity contribution in [1.29, 1.82) is 0 Å². The zero-order chi connectivity index (χ0) is 25.2. The van der Waals surface area contributed by atoms with Gasteiger partial charge in [0.25, 0.3) is 11.8 Å². The zero-order valence-corrected chi connectivity index (χ0v) is 20.5. The summed E-state index contributed by atoms with van der Waals surface area (Å²) in [4.78, 5) is 25.6. The summed E-state index contributed by atoms with van der Waals surface area (Å²) in [7, 11) is 4.41. The second-order valence-corrected chi connectivity index (χ2v) is 7.77. The lowest BCUT2D eigenvalue weighted by Crippen LogP contribution is -2.35. The van der Waals surface area contributed by atoms with E-state index in [-0.39, 0.29) is 16.6 Å². The molecule has 0 saturated carbocycles. The van der Waals surface area contributed by atoms with Crippen LogP contribution < -0.4 is 30.2 Å². The number of amides is 2. The van der Waals surface area contributed by atoms with Gasteiger partial charge in [0.05, 0.1) is 32.6 Å². The second-order valence-electron chi connectivity index (χ2n) is 7.36. The highest BCUT2D eigenvalue weighted by molar-refractivity contribution is 7.80. The molecule has 0 aliphatic heterocycles. The Hall–Kier alpha value is -4.11. The molecule has 0 bridgehead atoms. The maximum absolute atomic E-state index is 12.8. The quantitative estimate of drug-likeness (QED) is 0.390. The Labute approximate surface area is 209 Å². The maximum Gasteiger partial charge on any atom is 0.257 e. The lowest BCUT2D eigenvalue weighted by Gasteiger charge is -2.15. The number of para-hydroxylation sites is 1. The molecule has 35 heavy (non-hydrogen) atoms. The van der Waals surface area contributed by atoms with E-state index in [4.69, 9.17) is 26.4 Å². The van der Waals surface area contributed by atoms with Crippen molar-refractivity contribution in [3.05, 3.63) is 83.4 Å². The average molecular weight is 494 g/mol. The molecule has 2 amide bonds. The first-order valence-electron chi connectivity index (χ1n) is 10.8. The molecule has 0 spiro atoms. The molecule has 3 rings (SSSR count). The van der Waals surface area contributed by atoms with Crippen LogP contribution in [0.25, 0.3) is 0 Å². The van der Waals surface area contributed by atoms with Crippen molar-refractivity contribution in [3.8, 4) is 17.2 Å². The Bertz CT molecular complexity index is 1180. The third-order valence-corrected chi connectivity index (χ3v) is 5.32. The van der Waals surface area contributed by atoms with Gasteiger partial charge in [0.2, 0.25) is 5.75 Å². The third kappa shape index (κ3) is 6.70. The van der Waals surface area contributed by atoms with Gasteiger partial charge in [-0.05, 0) is 48.5 Å². The van der Waals surface area contributed by atoms with E-state index >= 15 is 0 Å². The summed E-state index contributed by atoms with van der Waals surface area (Å²) < 4.78 is 15.9. The van der Waals surface area contributed by atoms with Crippen LogP contribution in [0.15, 0.2) is 66.7 Å². The molecule has 0 atom stereocenters. The standard InChI is InChI=1S/C26H27N3O5S/c1-32-21-15-18(16-22(33-2)23(21)34-3)24(30)29-26(35)28-20-12-8-7-11-19(20)25(31)27-14-13-17-9-5-4-6-10-17/h4-12,15-16H,13-14H2,1-3H3,(H,27,31)(H2,28,29,30,35). The van der Waals surface area contributed by atoms with Gasteiger partial charge in [-0.15, -0.1) is 0 Å². The third-order valence-electron chi connectivity index (χ3n) is 5.12. The summed E-state index contributed by atoms with van der Waals surface area (Å²) in [5.74, 6) is 0.329. The van der Waals surface area contributed by atoms with E-state index < -0.39 is 5.91 Å². The molecule has 0 radical (unpaired) electrons. The molecule has 182 valence electrons. The van der Waals surface area contributed by atoms with Crippen LogP contribution >= 0.6 is 12.2 Å². The van der Waals surface area contributed by atoms with Crippen LogP contribution in [-0.2, 0) is 6.42 Å². The number of benzene rings is 3. The Morgan fingerprint density at radius 2 is 1.46 bits per heavy atom. The van der Waals surface area contributed by atoms with Crippen molar-refractivity contribution >= 4 is 34.8 Å². The normalized spacial score (nSPS) is 10.1. The van der Waals surface area contributed by atoms with Gasteiger partial charge in [0, 0.05) is 12.1 Å². The molecule has 0 aliphatic rings. The largest absolute Gasteiger partial charge is 0.493 e. The molecular weight excluding hydrogens is 466 g/mol. The highest BCUT2D eigenvalue weighted by atomic mass is 32.1. The van der Waals surface area contributed by atoms with E-state index in [0.29, 0.717) is 41.5 Å². The predicted octanol–water partition coefficient (Wildman–Crippen LogP) is 3.81. The van der Waals surface area contributed by atoms with Crippen molar-refractivity contribution < 1.29 is 23.8 Å². The summed E-state index contributed by atoms with van der Waals surface area (Å²) >= 11 is 5.32. The van der Waals surface area contributed by atoms with E-state index in [0.717, 1.165) is 5.56 Å². The van der Waals surface area contributed by atoms with Crippen LogP contribution in [0.5, 0.6) is 17.2 Å². The van der Waals surface area contributed by atoms with Crippen LogP contribution in [0.4, 0.5) is 5.69 Å². The van der Waals surface area contributed by atoms with E-state index in [1.807, 2.05) is 30.3 Å².